The van der Waals surface area contributed by atoms with Crippen molar-refractivity contribution in [1.82, 2.24) is 0 Å². The zero-order valence-corrected chi connectivity index (χ0v) is 7.14. The minimum absolute atomic E-state index is 0. The number of non-ortho nitro benzene ring substituents is 1. The third kappa shape index (κ3) is 2.55. The number of phenols is 1. The van der Waals surface area contributed by atoms with Crippen molar-refractivity contribution < 1.29 is 10.0 Å². The van der Waals surface area contributed by atoms with Gasteiger partial charge >= 0.3 is 0 Å². The van der Waals surface area contributed by atoms with E-state index in [0.29, 0.717) is 0 Å². The van der Waals surface area contributed by atoms with Crippen LogP contribution in [0.1, 0.15) is 0 Å². The molecule has 0 aromatic heterocycles. The van der Waals surface area contributed by atoms with E-state index in [1.54, 1.807) is 0 Å². The quantitative estimate of drug-likeness (QED) is 0.580. The number of halogens is 1. The Morgan fingerprint density at radius 1 is 1.27 bits per heavy atom. The van der Waals surface area contributed by atoms with Gasteiger partial charge in [-0.2, -0.15) is 0 Å². The van der Waals surface area contributed by atoms with Gasteiger partial charge in [0.05, 0.1) is 4.92 Å². The lowest BCUT2D eigenvalue weighted by molar-refractivity contribution is -0.384. The molecule has 60 valence electrons. The molecule has 11 heavy (non-hydrogen) atoms. The molecule has 1 rings (SSSR count). The molecule has 5 heteroatoms. The summed E-state index contributed by atoms with van der Waals surface area (Å²) in [7, 11) is 0. The highest BCUT2D eigenvalue weighted by molar-refractivity contribution is 8.93. The Hall–Kier alpha value is -1.10. The van der Waals surface area contributed by atoms with Crippen molar-refractivity contribution in [3.8, 4) is 5.75 Å². The lowest BCUT2D eigenvalue weighted by Gasteiger charge is -1.89. The molecule has 0 spiro atoms. The van der Waals surface area contributed by atoms with Gasteiger partial charge in [-0.1, -0.05) is 0 Å². The van der Waals surface area contributed by atoms with Gasteiger partial charge in [0, 0.05) is 12.1 Å². The standard InChI is InChI=1S/C6H5NO3.BrH/c8-6-3-1-5(2-4-6)7(9)10;/h1-4,8H;1H. The van der Waals surface area contributed by atoms with Crippen molar-refractivity contribution in [3.05, 3.63) is 34.4 Å². The van der Waals surface area contributed by atoms with E-state index in [1.807, 2.05) is 0 Å². The van der Waals surface area contributed by atoms with Gasteiger partial charge in [-0.15, -0.1) is 17.0 Å². The van der Waals surface area contributed by atoms with E-state index in [0.717, 1.165) is 0 Å². The van der Waals surface area contributed by atoms with Gasteiger partial charge in [0.15, 0.2) is 0 Å². The molecule has 0 aliphatic heterocycles. The van der Waals surface area contributed by atoms with Gasteiger partial charge in [0.1, 0.15) is 5.75 Å². The van der Waals surface area contributed by atoms with Crippen LogP contribution in [0.5, 0.6) is 5.75 Å². The van der Waals surface area contributed by atoms with Gasteiger partial charge in [-0.05, 0) is 12.1 Å². The van der Waals surface area contributed by atoms with E-state index in [-0.39, 0.29) is 28.4 Å². The molecule has 0 heterocycles. The topological polar surface area (TPSA) is 63.4 Å². The lowest BCUT2D eigenvalue weighted by Crippen LogP contribution is -1.85. The predicted octanol–water partition coefficient (Wildman–Crippen LogP) is 1.88. The number of hydrogen-bond acceptors (Lipinski definition) is 3. The molecule has 0 unspecified atom stereocenters. The highest BCUT2D eigenvalue weighted by Gasteiger charge is 2.01. The first-order chi connectivity index (χ1) is 4.70. The second-order valence-electron chi connectivity index (χ2n) is 1.77. The molecule has 0 aliphatic rings. The summed E-state index contributed by atoms with van der Waals surface area (Å²) in [5, 5.41) is 18.8. The molecule has 1 N–H and O–H groups in total. The first-order valence-corrected chi connectivity index (χ1v) is 2.63. The molecular formula is C6H6BrNO3. The number of nitro benzene ring substituents is 1. The van der Waals surface area contributed by atoms with E-state index in [2.05, 4.69) is 0 Å². The van der Waals surface area contributed by atoms with Crippen LogP contribution in [0.3, 0.4) is 0 Å². The van der Waals surface area contributed by atoms with Gasteiger partial charge in [-0.3, -0.25) is 10.1 Å². The van der Waals surface area contributed by atoms with E-state index >= 15 is 0 Å². The smallest absolute Gasteiger partial charge is 0.269 e. The van der Waals surface area contributed by atoms with Crippen molar-refractivity contribution in [2.75, 3.05) is 0 Å². The van der Waals surface area contributed by atoms with Crippen LogP contribution in [0.2, 0.25) is 0 Å². The molecule has 1 aromatic rings. The molecule has 0 fully saturated rings. The Balaban J connectivity index is 0.000001000. The van der Waals surface area contributed by atoms with E-state index < -0.39 is 4.92 Å². The molecule has 0 radical (unpaired) electrons. The lowest BCUT2D eigenvalue weighted by atomic mass is 10.3. The summed E-state index contributed by atoms with van der Waals surface area (Å²) in [5.41, 5.74) is -0.0159. The predicted molar refractivity (Wildman–Crippen MR) is 45.1 cm³/mol. The maximum Gasteiger partial charge on any atom is 0.269 e. The van der Waals surface area contributed by atoms with Crippen LogP contribution >= 0.6 is 17.0 Å². The van der Waals surface area contributed by atoms with Crippen molar-refractivity contribution in [1.29, 1.82) is 0 Å². The van der Waals surface area contributed by atoms with Crippen LogP contribution in [0.15, 0.2) is 24.3 Å². The summed E-state index contributed by atoms with van der Waals surface area (Å²) in [6, 6.07) is 5.04. The third-order valence-corrected chi connectivity index (χ3v) is 1.06. The molecule has 0 atom stereocenters. The molecule has 4 nitrogen and oxygen atoms in total. The Labute approximate surface area is 73.4 Å². The summed E-state index contributed by atoms with van der Waals surface area (Å²) >= 11 is 0. The van der Waals surface area contributed by atoms with Gasteiger partial charge in [0.2, 0.25) is 0 Å². The summed E-state index contributed by atoms with van der Waals surface area (Å²) < 4.78 is 0. The van der Waals surface area contributed by atoms with Crippen molar-refractivity contribution in [2.24, 2.45) is 0 Å². The zero-order chi connectivity index (χ0) is 7.56. The Kier molecular flexibility index (Phi) is 3.53. The highest BCUT2D eigenvalue weighted by Crippen LogP contribution is 2.14. The zero-order valence-electron chi connectivity index (χ0n) is 5.43. The van der Waals surface area contributed by atoms with Crippen LogP contribution < -0.4 is 0 Å². The van der Waals surface area contributed by atoms with Gasteiger partial charge in [0.25, 0.3) is 5.69 Å². The number of aromatic hydroxyl groups is 1. The Morgan fingerprint density at radius 2 is 1.73 bits per heavy atom. The minimum atomic E-state index is -0.514. The molecule has 0 saturated carbocycles. The first-order valence-electron chi connectivity index (χ1n) is 2.63. The maximum atomic E-state index is 10.0. The average Bonchev–Trinajstić information content (AvgIpc) is 1.88. The fourth-order valence-electron chi connectivity index (χ4n) is 0.574. The van der Waals surface area contributed by atoms with Crippen LogP contribution in [0.25, 0.3) is 0 Å². The van der Waals surface area contributed by atoms with Crippen LogP contribution in [0, 0.1) is 10.1 Å². The number of benzene rings is 1. The molecule has 0 aliphatic carbocycles. The van der Waals surface area contributed by atoms with Gasteiger partial charge < -0.3 is 5.11 Å². The van der Waals surface area contributed by atoms with E-state index in [9.17, 15) is 10.1 Å². The number of phenolic OH excluding ortho intramolecular Hbond substituents is 1. The summed E-state index contributed by atoms with van der Waals surface area (Å²) in [6.45, 7) is 0. The Bertz CT molecular complexity index is 247. The Morgan fingerprint density at radius 3 is 2.09 bits per heavy atom. The van der Waals surface area contributed by atoms with Crippen LogP contribution in [-0.4, -0.2) is 10.0 Å². The van der Waals surface area contributed by atoms with E-state index in [1.165, 1.54) is 24.3 Å². The van der Waals surface area contributed by atoms with Gasteiger partial charge in [-0.25, -0.2) is 0 Å². The minimum Gasteiger partial charge on any atom is -0.508 e. The second-order valence-corrected chi connectivity index (χ2v) is 1.77. The monoisotopic (exact) mass is 219 g/mol. The molecule has 0 amide bonds. The molecule has 1 aromatic carbocycles. The summed E-state index contributed by atoms with van der Waals surface area (Å²) in [4.78, 5) is 9.52. The highest BCUT2D eigenvalue weighted by atomic mass is 79.9. The van der Waals surface area contributed by atoms with Crippen LogP contribution in [-0.2, 0) is 0 Å². The molecule has 0 bridgehead atoms. The number of hydrogen-bond donors (Lipinski definition) is 1. The van der Waals surface area contributed by atoms with Crippen molar-refractivity contribution >= 4 is 22.7 Å². The van der Waals surface area contributed by atoms with E-state index in [4.69, 9.17) is 5.11 Å². The number of rotatable bonds is 1. The fraction of sp³-hybridized carbons (Fsp3) is 0. The molecule has 0 saturated heterocycles. The summed E-state index contributed by atoms with van der Waals surface area (Å²) in [5.74, 6) is 0.0330. The number of nitro groups is 1. The maximum absolute atomic E-state index is 10.0. The average molecular weight is 220 g/mol. The fourth-order valence-corrected chi connectivity index (χ4v) is 0.574. The largest absolute Gasteiger partial charge is 0.508 e. The van der Waals surface area contributed by atoms with Crippen molar-refractivity contribution in [2.45, 2.75) is 0 Å². The number of nitrogens with zero attached hydrogens (tertiary/aromatic N) is 1. The van der Waals surface area contributed by atoms with Crippen LogP contribution in [0.4, 0.5) is 5.69 Å². The molecular weight excluding hydrogens is 214 g/mol. The van der Waals surface area contributed by atoms with Crippen molar-refractivity contribution in [3.63, 3.8) is 0 Å². The third-order valence-electron chi connectivity index (χ3n) is 1.06. The summed E-state index contributed by atoms with van der Waals surface area (Å²) in [6.07, 6.45) is 0. The second kappa shape index (κ2) is 3.92. The first kappa shape index (κ1) is 9.90. The SMILES string of the molecule is Br.O=[N+]([O-])c1ccc(O)cc1. The normalized spacial score (nSPS) is 8.36.